The highest BCUT2D eigenvalue weighted by Crippen LogP contribution is 2.25. The average molecular weight is 401 g/mol. The Morgan fingerprint density at radius 2 is 2.09 bits per heavy atom. The fourth-order valence-electron chi connectivity index (χ4n) is 2.38. The van der Waals surface area contributed by atoms with Crippen molar-refractivity contribution in [3.63, 3.8) is 0 Å². The summed E-state index contributed by atoms with van der Waals surface area (Å²) in [6, 6.07) is 1.83. The van der Waals surface area contributed by atoms with Crippen molar-refractivity contribution in [3.8, 4) is 0 Å². The molecule has 1 aliphatic rings. The number of nitrogens with zero attached hydrogens (tertiary/aromatic N) is 3. The molecule has 0 aromatic carbocycles. The maximum Gasteiger partial charge on any atom is 0.254 e. The fourth-order valence-corrected chi connectivity index (χ4v) is 3.96. The predicted octanol–water partition coefficient (Wildman–Crippen LogP) is 2.85. The summed E-state index contributed by atoms with van der Waals surface area (Å²) < 4.78 is 0.946. The van der Waals surface area contributed by atoms with Crippen molar-refractivity contribution in [1.82, 2.24) is 15.1 Å². The molecule has 1 aliphatic heterocycles. The number of hydrogen-bond donors (Lipinski definition) is 1. The second-order valence-electron chi connectivity index (χ2n) is 4.94. The summed E-state index contributed by atoms with van der Waals surface area (Å²) in [7, 11) is 0. The van der Waals surface area contributed by atoms with Gasteiger partial charge in [0.1, 0.15) is 5.51 Å². The van der Waals surface area contributed by atoms with Gasteiger partial charge in [-0.15, -0.1) is 21.5 Å². The largest absolute Gasteiger partial charge is 0.339 e. The van der Waals surface area contributed by atoms with E-state index >= 15 is 0 Å². The van der Waals surface area contributed by atoms with Gasteiger partial charge in [-0.1, -0.05) is 11.3 Å². The van der Waals surface area contributed by atoms with Crippen LogP contribution in [0.3, 0.4) is 0 Å². The number of nitrogens with one attached hydrogen (secondary N) is 1. The number of thiophene rings is 1. The number of halogens is 1. The van der Waals surface area contributed by atoms with Crippen LogP contribution in [0.1, 0.15) is 23.2 Å². The normalized spacial score (nSPS) is 15.8. The number of likely N-dealkylation sites (tertiary alicyclic amines) is 1. The van der Waals surface area contributed by atoms with E-state index < -0.39 is 0 Å². The van der Waals surface area contributed by atoms with E-state index in [2.05, 4.69) is 31.4 Å². The molecule has 1 fully saturated rings. The van der Waals surface area contributed by atoms with Gasteiger partial charge < -0.3 is 10.2 Å². The van der Waals surface area contributed by atoms with Crippen molar-refractivity contribution in [2.75, 3.05) is 18.4 Å². The van der Waals surface area contributed by atoms with Crippen LogP contribution >= 0.6 is 38.6 Å². The van der Waals surface area contributed by atoms with Gasteiger partial charge in [0.15, 0.2) is 0 Å². The second kappa shape index (κ2) is 6.84. The van der Waals surface area contributed by atoms with E-state index in [9.17, 15) is 9.59 Å². The molecule has 1 saturated heterocycles. The van der Waals surface area contributed by atoms with Crippen LogP contribution in [0.25, 0.3) is 0 Å². The fraction of sp³-hybridized carbons (Fsp3) is 0.385. The highest BCUT2D eigenvalue weighted by molar-refractivity contribution is 9.11. The quantitative estimate of drug-likeness (QED) is 0.858. The predicted molar refractivity (Wildman–Crippen MR) is 89.2 cm³/mol. The third-order valence-corrected chi connectivity index (χ3v) is 5.67. The SMILES string of the molecule is O=C(Nc1nncs1)C1CCN(C(=O)c2csc(Br)c2)CC1. The average Bonchev–Trinajstić information content (AvgIpc) is 3.18. The van der Waals surface area contributed by atoms with E-state index in [4.69, 9.17) is 0 Å². The molecule has 0 saturated carbocycles. The van der Waals surface area contributed by atoms with Crippen LogP contribution in [-0.4, -0.2) is 40.0 Å². The van der Waals surface area contributed by atoms with Crippen LogP contribution in [0.4, 0.5) is 5.13 Å². The minimum atomic E-state index is -0.0813. The van der Waals surface area contributed by atoms with Crippen molar-refractivity contribution in [2.24, 2.45) is 5.92 Å². The lowest BCUT2D eigenvalue weighted by atomic mass is 9.95. The summed E-state index contributed by atoms with van der Waals surface area (Å²) in [6.45, 7) is 1.20. The first-order chi connectivity index (χ1) is 10.6. The molecular weight excluding hydrogens is 388 g/mol. The molecule has 0 radical (unpaired) electrons. The molecule has 3 rings (SSSR count). The third-order valence-electron chi connectivity index (χ3n) is 3.56. The summed E-state index contributed by atoms with van der Waals surface area (Å²) in [6.07, 6.45) is 1.34. The van der Waals surface area contributed by atoms with Gasteiger partial charge in [-0.25, -0.2) is 0 Å². The molecule has 6 nitrogen and oxygen atoms in total. The molecule has 2 aromatic heterocycles. The minimum Gasteiger partial charge on any atom is -0.339 e. The summed E-state index contributed by atoms with van der Waals surface area (Å²) in [5, 5.41) is 12.6. The molecule has 0 bridgehead atoms. The second-order valence-corrected chi connectivity index (χ2v) is 8.06. The lowest BCUT2D eigenvalue weighted by Gasteiger charge is -2.31. The Bertz CT molecular complexity index is 665. The Balaban J connectivity index is 1.54. The van der Waals surface area contributed by atoms with Gasteiger partial charge in [-0.05, 0) is 34.8 Å². The van der Waals surface area contributed by atoms with Gasteiger partial charge in [0.2, 0.25) is 11.0 Å². The summed E-state index contributed by atoms with van der Waals surface area (Å²) in [5.41, 5.74) is 2.28. The van der Waals surface area contributed by atoms with Crippen LogP contribution in [0.15, 0.2) is 20.7 Å². The number of hydrogen-bond acceptors (Lipinski definition) is 6. The van der Waals surface area contributed by atoms with Crippen LogP contribution in [0, 0.1) is 5.92 Å². The summed E-state index contributed by atoms with van der Waals surface area (Å²) >= 11 is 6.16. The topological polar surface area (TPSA) is 75.2 Å². The lowest BCUT2D eigenvalue weighted by Crippen LogP contribution is -2.41. The zero-order valence-electron chi connectivity index (χ0n) is 11.5. The molecule has 2 aromatic rings. The smallest absolute Gasteiger partial charge is 0.254 e. The number of anilines is 1. The lowest BCUT2D eigenvalue weighted by molar-refractivity contribution is -0.121. The van der Waals surface area contributed by atoms with Crippen molar-refractivity contribution in [2.45, 2.75) is 12.8 Å². The molecular formula is C13H13BrN4O2S2. The number of aromatic nitrogens is 2. The van der Waals surface area contributed by atoms with E-state index in [1.165, 1.54) is 22.7 Å². The van der Waals surface area contributed by atoms with Gasteiger partial charge >= 0.3 is 0 Å². The standard InChI is InChI=1S/C13H13BrN4O2S2/c14-10-5-9(6-21-10)12(20)18-3-1-8(2-4-18)11(19)16-13-17-15-7-22-13/h5-8H,1-4H2,(H,16,17,19). The van der Waals surface area contributed by atoms with Crippen molar-refractivity contribution < 1.29 is 9.59 Å². The van der Waals surface area contributed by atoms with Gasteiger partial charge in [0.05, 0.1) is 9.35 Å². The van der Waals surface area contributed by atoms with Crippen molar-refractivity contribution >= 4 is 55.5 Å². The molecule has 1 N–H and O–H groups in total. The van der Waals surface area contributed by atoms with Gasteiger partial charge in [0, 0.05) is 24.4 Å². The Hall–Kier alpha value is -1.32. The number of carbonyl (C=O) groups is 2. The molecule has 2 amide bonds. The van der Waals surface area contributed by atoms with E-state index in [-0.39, 0.29) is 17.7 Å². The molecule has 116 valence electrons. The summed E-state index contributed by atoms with van der Waals surface area (Å²) in [5.74, 6) is -0.0887. The Morgan fingerprint density at radius 3 is 2.68 bits per heavy atom. The van der Waals surface area contributed by atoms with E-state index in [0.29, 0.717) is 36.6 Å². The molecule has 9 heteroatoms. The first kappa shape index (κ1) is 15.6. The first-order valence-electron chi connectivity index (χ1n) is 6.74. The number of piperidine rings is 1. The molecule has 3 heterocycles. The van der Waals surface area contributed by atoms with Gasteiger partial charge in [0.25, 0.3) is 5.91 Å². The van der Waals surface area contributed by atoms with Gasteiger partial charge in [-0.2, -0.15) is 0 Å². The number of amides is 2. The van der Waals surface area contributed by atoms with Crippen molar-refractivity contribution in [1.29, 1.82) is 0 Å². The van der Waals surface area contributed by atoms with Crippen LogP contribution in [0.2, 0.25) is 0 Å². The molecule has 0 atom stereocenters. The van der Waals surface area contributed by atoms with E-state index in [1.54, 1.807) is 5.51 Å². The van der Waals surface area contributed by atoms with E-state index in [1.807, 2.05) is 16.3 Å². The Kier molecular flexibility index (Phi) is 4.84. The molecule has 0 unspecified atom stereocenters. The van der Waals surface area contributed by atoms with Crippen molar-refractivity contribution in [3.05, 3.63) is 26.3 Å². The molecule has 0 spiro atoms. The first-order valence-corrected chi connectivity index (χ1v) is 9.29. The van der Waals surface area contributed by atoms with Gasteiger partial charge in [-0.3, -0.25) is 9.59 Å². The monoisotopic (exact) mass is 400 g/mol. The molecule has 0 aliphatic carbocycles. The highest BCUT2D eigenvalue weighted by Gasteiger charge is 2.28. The highest BCUT2D eigenvalue weighted by atomic mass is 79.9. The summed E-state index contributed by atoms with van der Waals surface area (Å²) in [4.78, 5) is 26.3. The zero-order valence-corrected chi connectivity index (χ0v) is 14.7. The Labute approximate surface area is 143 Å². The minimum absolute atomic E-state index is 0.0323. The van der Waals surface area contributed by atoms with Crippen LogP contribution in [-0.2, 0) is 4.79 Å². The maximum atomic E-state index is 12.3. The number of carbonyl (C=O) groups excluding carboxylic acids is 2. The van der Waals surface area contributed by atoms with Crippen LogP contribution in [0.5, 0.6) is 0 Å². The van der Waals surface area contributed by atoms with Crippen LogP contribution < -0.4 is 5.32 Å². The third kappa shape index (κ3) is 3.53. The van der Waals surface area contributed by atoms with E-state index in [0.717, 1.165) is 3.79 Å². The maximum absolute atomic E-state index is 12.3. The number of rotatable bonds is 3. The zero-order chi connectivity index (χ0) is 15.5. The molecule has 22 heavy (non-hydrogen) atoms. The Morgan fingerprint density at radius 1 is 1.32 bits per heavy atom.